The first-order valence-corrected chi connectivity index (χ1v) is 8.26. The zero-order valence-corrected chi connectivity index (χ0v) is 15.2. The highest BCUT2D eigenvalue weighted by molar-refractivity contribution is 5.67. The molecule has 0 aliphatic rings. The number of para-hydroxylation sites is 1. The molecule has 2 aromatic heterocycles. The molecule has 8 heteroatoms. The molecule has 0 N–H and O–H groups in total. The minimum Gasteiger partial charge on any atom is -0.496 e. The minimum atomic E-state index is 0.576. The van der Waals surface area contributed by atoms with E-state index in [2.05, 4.69) is 20.4 Å². The summed E-state index contributed by atoms with van der Waals surface area (Å²) in [4.78, 5) is 1.98. The Balaban J connectivity index is 1.73. The van der Waals surface area contributed by atoms with Crippen LogP contribution in [0.3, 0.4) is 0 Å². The molecular weight excluding hydrogens is 332 g/mol. The van der Waals surface area contributed by atoms with Gasteiger partial charge in [-0.2, -0.15) is 0 Å². The van der Waals surface area contributed by atoms with Crippen LogP contribution < -0.4 is 9.64 Å². The van der Waals surface area contributed by atoms with Crippen molar-refractivity contribution in [2.24, 2.45) is 0 Å². The Kier molecular flexibility index (Phi) is 5.75. The number of hydrogen-bond acceptors (Lipinski definition) is 7. The quantitative estimate of drug-likeness (QED) is 0.612. The highest BCUT2D eigenvalue weighted by Gasteiger charge is 2.12. The van der Waals surface area contributed by atoms with Crippen LogP contribution >= 0.6 is 0 Å². The van der Waals surface area contributed by atoms with Gasteiger partial charge in [-0.05, 0) is 24.3 Å². The van der Waals surface area contributed by atoms with Gasteiger partial charge >= 0.3 is 0 Å². The molecule has 0 aliphatic carbocycles. The zero-order valence-electron chi connectivity index (χ0n) is 15.2. The lowest BCUT2D eigenvalue weighted by Gasteiger charge is -2.17. The van der Waals surface area contributed by atoms with E-state index in [1.807, 2.05) is 52.9 Å². The molecule has 136 valence electrons. The van der Waals surface area contributed by atoms with Crippen molar-refractivity contribution in [3.63, 3.8) is 0 Å². The summed E-state index contributed by atoms with van der Waals surface area (Å²) in [5.74, 6) is 2.37. The molecule has 1 aromatic carbocycles. The van der Waals surface area contributed by atoms with Crippen LogP contribution in [0.15, 0.2) is 42.7 Å². The van der Waals surface area contributed by atoms with Crippen molar-refractivity contribution in [2.45, 2.75) is 13.1 Å². The summed E-state index contributed by atoms with van der Waals surface area (Å²) < 4.78 is 12.5. The van der Waals surface area contributed by atoms with Crippen LogP contribution in [0.4, 0.5) is 5.82 Å². The molecule has 0 bridgehead atoms. The number of ether oxygens (including phenoxy) is 2. The Hall–Kier alpha value is -3.00. The lowest BCUT2D eigenvalue weighted by Crippen LogP contribution is -2.21. The predicted molar refractivity (Wildman–Crippen MR) is 98.0 cm³/mol. The largest absolute Gasteiger partial charge is 0.496 e. The number of rotatable bonds is 8. The Labute approximate surface area is 152 Å². The molecule has 0 saturated heterocycles. The molecular formula is C18H22N6O2. The maximum Gasteiger partial charge on any atom is 0.152 e. The second kappa shape index (κ2) is 8.39. The summed E-state index contributed by atoms with van der Waals surface area (Å²) in [7, 11) is 5.27. The van der Waals surface area contributed by atoms with Crippen LogP contribution in [0.2, 0.25) is 0 Å². The Morgan fingerprint density at radius 2 is 1.88 bits per heavy atom. The van der Waals surface area contributed by atoms with Crippen molar-refractivity contribution in [3.8, 4) is 17.0 Å². The van der Waals surface area contributed by atoms with E-state index in [0.29, 0.717) is 19.7 Å². The number of nitrogens with zero attached hydrogens (tertiary/aromatic N) is 6. The lowest BCUT2D eigenvalue weighted by molar-refractivity contribution is 0.186. The van der Waals surface area contributed by atoms with E-state index in [1.165, 1.54) is 0 Å². The van der Waals surface area contributed by atoms with Crippen molar-refractivity contribution in [3.05, 3.63) is 48.5 Å². The van der Waals surface area contributed by atoms with E-state index in [-0.39, 0.29) is 0 Å². The maximum absolute atomic E-state index is 5.39. The Bertz CT molecular complexity index is 834. The third-order valence-corrected chi connectivity index (χ3v) is 4.04. The van der Waals surface area contributed by atoms with Crippen molar-refractivity contribution in [1.29, 1.82) is 0 Å². The standard InChI is InChI=1S/C18H22N6O2/c1-23(12-18-21-19-13-24(18)10-11-25-2)17-9-8-15(20-22-17)14-6-4-5-7-16(14)26-3/h4-9,13H,10-12H2,1-3H3. The van der Waals surface area contributed by atoms with Crippen molar-refractivity contribution in [1.82, 2.24) is 25.0 Å². The lowest BCUT2D eigenvalue weighted by atomic mass is 10.1. The van der Waals surface area contributed by atoms with Gasteiger partial charge in [-0.25, -0.2) is 0 Å². The monoisotopic (exact) mass is 354 g/mol. The number of aromatic nitrogens is 5. The number of methoxy groups -OCH3 is 2. The number of anilines is 1. The third-order valence-electron chi connectivity index (χ3n) is 4.04. The first kappa shape index (κ1) is 17.8. The molecule has 0 spiro atoms. The van der Waals surface area contributed by atoms with Gasteiger partial charge in [-0.15, -0.1) is 20.4 Å². The van der Waals surface area contributed by atoms with Crippen LogP contribution in [0.25, 0.3) is 11.3 Å². The zero-order chi connectivity index (χ0) is 18.4. The summed E-state index contributed by atoms with van der Waals surface area (Å²) in [5.41, 5.74) is 1.68. The summed E-state index contributed by atoms with van der Waals surface area (Å²) in [6, 6.07) is 11.6. The predicted octanol–water partition coefficient (Wildman–Crippen LogP) is 2.03. The Morgan fingerprint density at radius 1 is 1.04 bits per heavy atom. The second-order valence-corrected chi connectivity index (χ2v) is 5.77. The summed E-state index contributed by atoms with van der Waals surface area (Å²) in [6.07, 6.45) is 1.71. The third kappa shape index (κ3) is 3.97. The molecule has 0 amide bonds. The van der Waals surface area contributed by atoms with Gasteiger partial charge in [0.25, 0.3) is 0 Å². The average Bonchev–Trinajstić information content (AvgIpc) is 3.13. The van der Waals surface area contributed by atoms with E-state index >= 15 is 0 Å². The molecule has 8 nitrogen and oxygen atoms in total. The fourth-order valence-corrected chi connectivity index (χ4v) is 2.60. The highest BCUT2D eigenvalue weighted by Crippen LogP contribution is 2.28. The van der Waals surface area contributed by atoms with Crippen molar-refractivity contribution >= 4 is 5.82 Å². The van der Waals surface area contributed by atoms with E-state index in [4.69, 9.17) is 9.47 Å². The van der Waals surface area contributed by atoms with Gasteiger partial charge in [0.1, 0.15) is 12.1 Å². The van der Waals surface area contributed by atoms with Crippen LogP contribution in [0.1, 0.15) is 5.82 Å². The normalized spacial score (nSPS) is 10.7. The fourth-order valence-electron chi connectivity index (χ4n) is 2.60. The van der Waals surface area contributed by atoms with E-state index in [9.17, 15) is 0 Å². The van der Waals surface area contributed by atoms with Crippen LogP contribution in [-0.2, 0) is 17.8 Å². The molecule has 26 heavy (non-hydrogen) atoms. The van der Waals surface area contributed by atoms with Gasteiger partial charge in [0.05, 0.1) is 26.0 Å². The molecule has 2 heterocycles. The SMILES string of the molecule is COCCn1cnnc1CN(C)c1ccc(-c2ccccc2OC)nn1. The molecule has 0 aliphatic heterocycles. The van der Waals surface area contributed by atoms with Gasteiger partial charge < -0.3 is 18.9 Å². The van der Waals surface area contributed by atoms with Crippen molar-refractivity contribution < 1.29 is 9.47 Å². The molecule has 0 radical (unpaired) electrons. The summed E-state index contributed by atoms with van der Waals surface area (Å²) in [6.45, 7) is 1.90. The Morgan fingerprint density at radius 3 is 2.62 bits per heavy atom. The van der Waals surface area contributed by atoms with E-state index < -0.39 is 0 Å². The molecule has 0 saturated carbocycles. The topological polar surface area (TPSA) is 78.2 Å². The highest BCUT2D eigenvalue weighted by atomic mass is 16.5. The smallest absolute Gasteiger partial charge is 0.152 e. The molecule has 3 rings (SSSR count). The van der Waals surface area contributed by atoms with Crippen LogP contribution in [0, 0.1) is 0 Å². The summed E-state index contributed by atoms with van der Waals surface area (Å²) in [5, 5.41) is 16.8. The maximum atomic E-state index is 5.39. The molecule has 0 atom stereocenters. The van der Waals surface area contributed by atoms with Crippen LogP contribution in [-0.4, -0.2) is 52.8 Å². The minimum absolute atomic E-state index is 0.576. The van der Waals surface area contributed by atoms with Gasteiger partial charge in [0.2, 0.25) is 0 Å². The average molecular weight is 354 g/mol. The first-order valence-electron chi connectivity index (χ1n) is 8.26. The number of hydrogen-bond donors (Lipinski definition) is 0. The fraction of sp³-hybridized carbons (Fsp3) is 0.333. The van der Waals surface area contributed by atoms with E-state index in [1.54, 1.807) is 20.5 Å². The van der Waals surface area contributed by atoms with E-state index in [0.717, 1.165) is 28.6 Å². The molecule has 0 unspecified atom stereocenters. The van der Waals surface area contributed by atoms with Gasteiger partial charge in [-0.1, -0.05) is 12.1 Å². The first-order chi connectivity index (χ1) is 12.7. The summed E-state index contributed by atoms with van der Waals surface area (Å²) >= 11 is 0. The van der Waals surface area contributed by atoms with Crippen LogP contribution in [0.5, 0.6) is 5.75 Å². The van der Waals surface area contributed by atoms with Gasteiger partial charge in [0, 0.05) is 26.3 Å². The van der Waals surface area contributed by atoms with Gasteiger partial charge in [0.15, 0.2) is 11.6 Å². The van der Waals surface area contributed by atoms with Crippen molar-refractivity contribution in [2.75, 3.05) is 32.8 Å². The van der Waals surface area contributed by atoms with Gasteiger partial charge in [-0.3, -0.25) is 0 Å². The molecule has 3 aromatic rings. The second-order valence-electron chi connectivity index (χ2n) is 5.77. The number of benzene rings is 1. The molecule has 0 fully saturated rings.